The van der Waals surface area contributed by atoms with Gasteiger partial charge in [-0.1, -0.05) is 25.1 Å². The second-order valence-electron chi connectivity index (χ2n) is 8.18. The Hall–Kier alpha value is -3.41. The van der Waals surface area contributed by atoms with E-state index in [2.05, 4.69) is 21.3 Å². The van der Waals surface area contributed by atoms with Crippen molar-refractivity contribution in [3.63, 3.8) is 0 Å². The van der Waals surface area contributed by atoms with Crippen LogP contribution in [-0.2, 0) is 9.59 Å². The molecule has 3 aliphatic rings. The third-order valence-electron chi connectivity index (χ3n) is 7.02. The summed E-state index contributed by atoms with van der Waals surface area (Å²) in [4.78, 5) is 32.8. The molecular weight excluding hydrogens is 366 g/mol. The number of rotatable bonds is 1. The molecule has 1 aromatic heterocycles. The van der Waals surface area contributed by atoms with Crippen LogP contribution in [0.25, 0.3) is 22.0 Å². The summed E-state index contributed by atoms with van der Waals surface area (Å²) < 4.78 is 5.67. The number of carbonyl (C=O) groups is 2. The lowest BCUT2D eigenvalue weighted by molar-refractivity contribution is -0.141. The van der Waals surface area contributed by atoms with E-state index in [1.54, 1.807) is 13.3 Å². The molecule has 2 amide bonds. The van der Waals surface area contributed by atoms with Gasteiger partial charge in [0.15, 0.2) is 0 Å². The fourth-order valence-corrected chi connectivity index (χ4v) is 5.46. The Balaban J connectivity index is 1.88. The summed E-state index contributed by atoms with van der Waals surface area (Å²) in [5, 5.41) is 3.55. The van der Waals surface area contributed by atoms with Crippen molar-refractivity contribution in [3.8, 4) is 16.9 Å². The highest BCUT2D eigenvalue weighted by molar-refractivity contribution is 6.19. The number of nitrogens with one attached hydrogen (secondary N) is 1. The smallest absolute Gasteiger partial charge is 0.252 e. The molecule has 0 saturated carbocycles. The number of carbonyl (C=O) groups excluding carboxylic acids is 2. The molecule has 0 spiro atoms. The van der Waals surface area contributed by atoms with Crippen molar-refractivity contribution in [2.75, 3.05) is 12.0 Å². The summed E-state index contributed by atoms with van der Waals surface area (Å²) in [5.41, 5.74) is 4.69. The van der Waals surface area contributed by atoms with Gasteiger partial charge in [0.05, 0.1) is 24.4 Å². The Labute approximate surface area is 167 Å². The van der Waals surface area contributed by atoms with Crippen LogP contribution < -0.4 is 15.0 Å². The molecule has 6 heteroatoms. The summed E-state index contributed by atoms with van der Waals surface area (Å²) in [7, 11) is 1.62. The minimum absolute atomic E-state index is 0.204. The van der Waals surface area contributed by atoms with Crippen molar-refractivity contribution in [1.82, 2.24) is 10.3 Å². The van der Waals surface area contributed by atoms with Crippen LogP contribution in [0.3, 0.4) is 0 Å². The van der Waals surface area contributed by atoms with Crippen LogP contribution in [0.5, 0.6) is 5.75 Å². The van der Waals surface area contributed by atoms with E-state index in [4.69, 9.17) is 4.74 Å². The number of benzene rings is 2. The number of nitrogens with zero attached hydrogens (tertiary/aromatic N) is 2. The van der Waals surface area contributed by atoms with E-state index in [0.717, 1.165) is 39.0 Å². The van der Waals surface area contributed by atoms with Crippen LogP contribution in [0.2, 0.25) is 0 Å². The summed E-state index contributed by atoms with van der Waals surface area (Å²) in [5.74, 6) is -0.504. The number of imide groups is 1. The average Bonchev–Trinajstić information content (AvgIpc) is 2.73. The molecule has 1 fully saturated rings. The highest BCUT2D eigenvalue weighted by Crippen LogP contribution is 2.60. The van der Waals surface area contributed by atoms with Gasteiger partial charge in [0.2, 0.25) is 5.91 Å². The van der Waals surface area contributed by atoms with Crippen LogP contribution in [0, 0.1) is 5.92 Å². The van der Waals surface area contributed by atoms with E-state index < -0.39 is 11.5 Å². The lowest BCUT2D eigenvalue weighted by Crippen LogP contribution is -2.69. The maximum absolute atomic E-state index is 13.2. The topological polar surface area (TPSA) is 71.5 Å². The molecule has 3 atom stereocenters. The van der Waals surface area contributed by atoms with E-state index >= 15 is 0 Å². The maximum Gasteiger partial charge on any atom is 0.252 e. The van der Waals surface area contributed by atoms with Gasteiger partial charge in [0.1, 0.15) is 16.8 Å². The molecular formula is C23H19N3O3. The Morgan fingerprint density at radius 2 is 1.97 bits per heavy atom. The fourth-order valence-electron chi connectivity index (χ4n) is 5.46. The average molecular weight is 385 g/mol. The van der Waals surface area contributed by atoms with Crippen LogP contribution >= 0.6 is 0 Å². The maximum atomic E-state index is 13.2. The highest BCUT2D eigenvalue weighted by Gasteiger charge is 2.60. The van der Waals surface area contributed by atoms with Crippen molar-refractivity contribution in [3.05, 3.63) is 48.2 Å². The Morgan fingerprint density at radius 1 is 1.17 bits per heavy atom. The molecule has 3 aromatic rings. The third kappa shape index (κ3) is 1.71. The van der Waals surface area contributed by atoms with Gasteiger partial charge in [-0.3, -0.25) is 19.9 Å². The second-order valence-corrected chi connectivity index (χ2v) is 8.18. The molecule has 0 aliphatic carbocycles. The summed E-state index contributed by atoms with van der Waals surface area (Å²) in [6, 6.07) is 12.0. The van der Waals surface area contributed by atoms with Gasteiger partial charge < -0.3 is 9.64 Å². The lowest BCUT2D eigenvalue weighted by atomic mass is 9.65. The zero-order chi connectivity index (χ0) is 20.1. The van der Waals surface area contributed by atoms with Crippen molar-refractivity contribution in [2.24, 2.45) is 5.92 Å². The van der Waals surface area contributed by atoms with Gasteiger partial charge >= 0.3 is 0 Å². The Bertz CT molecular complexity index is 1270. The van der Waals surface area contributed by atoms with Crippen LogP contribution in [0.4, 0.5) is 11.4 Å². The normalized spacial score (nSPS) is 26.2. The van der Waals surface area contributed by atoms with Crippen molar-refractivity contribution < 1.29 is 14.3 Å². The molecule has 2 aromatic carbocycles. The molecule has 144 valence electrons. The number of amides is 2. The number of ether oxygens (including phenoxy) is 1. The number of aromatic nitrogens is 1. The number of para-hydroxylation sites is 1. The predicted molar refractivity (Wildman–Crippen MR) is 109 cm³/mol. The molecule has 1 N–H and O–H groups in total. The third-order valence-corrected chi connectivity index (χ3v) is 7.02. The van der Waals surface area contributed by atoms with Gasteiger partial charge in [-0.15, -0.1) is 0 Å². The van der Waals surface area contributed by atoms with E-state index in [0.29, 0.717) is 5.75 Å². The first-order chi connectivity index (χ1) is 14.0. The zero-order valence-electron chi connectivity index (χ0n) is 16.3. The Morgan fingerprint density at radius 3 is 2.76 bits per heavy atom. The number of hydrogen-bond donors (Lipinski definition) is 1. The van der Waals surface area contributed by atoms with E-state index in [-0.39, 0.29) is 17.7 Å². The van der Waals surface area contributed by atoms with Crippen molar-refractivity contribution in [1.29, 1.82) is 0 Å². The molecule has 6 nitrogen and oxygen atoms in total. The Kier molecular flexibility index (Phi) is 2.93. The monoisotopic (exact) mass is 385 g/mol. The first-order valence-electron chi connectivity index (χ1n) is 9.73. The second kappa shape index (κ2) is 5.14. The van der Waals surface area contributed by atoms with Crippen LogP contribution in [0.1, 0.15) is 25.3 Å². The number of methoxy groups -OCH3 is 1. The minimum atomic E-state index is -0.892. The quantitative estimate of drug-likeness (QED) is 0.649. The van der Waals surface area contributed by atoms with Crippen molar-refractivity contribution >= 4 is 34.1 Å². The predicted octanol–water partition coefficient (Wildman–Crippen LogP) is 3.51. The SMILES string of the molecule is COc1cc2c3c4c(ccnc14)-c1ccccc1N3[C@]1(C)C(=O)NC(=O)[C@H]2C1C. The molecule has 1 unspecified atom stereocenters. The van der Waals surface area contributed by atoms with Gasteiger partial charge in [-0.2, -0.15) is 0 Å². The molecule has 0 radical (unpaired) electrons. The number of fused-ring (bicyclic) bond motifs is 7. The van der Waals surface area contributed by atoms with Gasteiger partial charge in [-0.05, 0) is 36.2 Å². The summed E-state index contributed by atoms with van der Waals surface area (Å²) in [6.07, 6.45) is 1.78. The van der Waals surface area contributed by atoms with E-state index in [1.807, 2.05) is 44.2 Å². The first-order valence-corrected chi connectivity index (χ1v) is 9.73. The number of pyridine rings is 1. The van der Waals surface area contributed by atoms with Crippen molar-refractivity contribution in [2.45, 2.75) is 25.3 Å². The van der Waals surface area contributed by atoms with Crippen LogP contribution in [-0.4, -0.2) is 29.4 Å². The number of piperidine rings is 1. The summed E-state index contributed by atoms with van der Waals surface area (Å²) >= 11 is 0. The lowest BCUT2D eigenvalue weighted by Gasteiger charge is -2.56. The molecule has 2 bridgehead atoms. The largest absolute Gasteiger partial charge is 0.494 e. The van der Waals surface area contributed by atoms with E-state index in [1.165, 1.54) is 0 Å². The molecule has 3 aliphatic heterocycles. The number of hydrogen-bond acceptors (Lipinski definition) is 5. The molecule has 4 heterocycles. The number of anilines is 2. The molecule has 29 heavy (non-hydrogen) atoms. The standard InChI is InChI=1S/C23H19N3O3/c1-11-17-14-10-16(29-3)19-18-13(8-9-24-19)12-6-4-5-7-15(12)26(20(14)18)23(11,2)22(28)25-21(17)27/h4-11,17H,1-3H3,(H,25,27,28)/t11?,17-,23-/m0/s1. The summed E-state index contributed by atoms with van der Waals surface area (Å²) in [6.45, 7) is 3.92. The van der Waals surface area contributed by atoms with E-state index in [9.17, 15) is 9.59 Å². The first kappa shape index (κ1) is 16.5. The molecule has 6 rings (SSSR count). The minimum Gasteiger partial charge on any atom is -0.494 e. The highest BCUT2D eigenvalue weighted by atomic mass is 16.5. The zero-order valence-corrected chi connectivity index (χ0v) is 16.3. The molecule has 1 saturated heterocycles. The van der Waals surface area contributed by atoms with Gasteiger partial charge in [0.25, 0.3) is 5.91 Å². The van der Waals surface area contributed by atoms with Gasteiger partial charge in [0, 0.05) is 23.1 Å². The van der Waals surface area contributed by atoms with Gasteiger partial charge in [-0.25, -0.2) is 0 Å². The fraction of sp³-hybridized carbons (Fsp3) is 0.261. The van der Waals surface area contributed by atoms with Crippen LogP contribution in [0.15, 0.2) is 42.6 Å².